The average Bonchev–Trinajstić information content (AvgIpc) is 2.47. The molecule has 0 bridgehead atoms. The summed E-state index contributed by atoms with van der Waals surface area (Å²) in [4.78, 5) is 0. The molecule has 0 radical (unpaired) electrons. The monoisotopic (exact) mass is 292 g/mol. The molecular formula is C14H13ClN2O3. The largest absolute Gasteiger partial charge is 0.493 e. The van der Waals surface area contributed by atoms with E-state index in [2.05, 4.69) is 5.16 Å². The molecule has 3 N–H and O–H groups in total. The molecule has 0 amide bonds. The van der Waals surface area contributed by atoms with E-state index in [1.54, 1.807) is 37.4 Å². The quantitative estimate of drug-likeness (QED) is 0.392. The molecule has 2 rings (SSSR count). The molecule has 0 aliphatic heterocycles. The highest BCUT2D eigenvalue weighted by Crippen LogP contribution is 2.32. The molecule has 0 aliphatic rings. The molecular weight excluding hydrogens is 280 g/mol. The molecule has 20 heavy (non-hydrogen) atoms. The van der Waals surface area contributed by atoms with Crippen LogP contribution in [0.25, 0.3) is 0 Å². The number of methoxy groups -OCH3 is 1. The number of para-hydroxylation sites is 2. The molecule has 6 heteroatoms. The Labute approximate surface area is 121 Å². The highest BCUT2D eigenvalue weighted by atomic mass is 35.5. The Bertz CT molecular complexity index is 644. The van der Waals surface area contributed by atoms with E-state index in [1.807, 2.05) is 12.1 Å². The summed E-state index contributed by atoms with van der Waals surface area (Å²) in [6.07, 6.45) is 0. The van der Waals surface area contributed by atoms with Gasteiger partial charge in [0.2, 0.25) is 0 Å². The number of nitrogens with two attached hydrogens (primary N) is 1. The van der Waals surface area contributed by atoms with Crippen molar-refractivity contribution >= 4 is 17.4 Å². The second-order valence-corrected chi connectivity index (χ2v) is 4.29. The lowest BCUT2D eigenvalue weighted by molar-refractivity contribution is 0.318. The van der Waals surface area contributed by atoms with Gasteiger partial charge in [-0.3, -0.25) is 0 Å². The van der Waals surface area contributed by atoms with Crippen LogP contribution in [0.2, 0.25) is 5.02 Å². The minimum absolute atomic E-state index is 0.0566. The van der Waals surface area contributed by atoms with Crippen molar-refractivity contribution in [3.05, 3.63) is 53.1 Å². The number of ether oxygens (including phenoxy) is 2. The van der Waals surface area contributed by atoms with Crippen molar-refractivity contribution in [3.63, 3.8) is 0 Å². The van der Waals surface area contributed by atoms with Crippen molar-refractivity contribution in [2.45, 2.75) is 0 Å². The third kappa shape index (κ3) is 2.95. The van der Waals surface area contributed by atoms with Gasteiger partial charge >= 0.3 is 0 Å². The number of rotatable bonds is 4. The molecule has 0 aliphatic carbocycles. The van der Waals surface area contributed by atoms with Gasteiger partial charge in [0, 0.05) is 11.6 Å². The van der Waals surface area contributed by atoms with Crippen molar-refractivity contribution in [3.8, 4) is 17.2 Å². The van der Waals surface area contributed by atoms with Crippen LogP contribution in [-0.4, -0.2) is 18.2 Å². The first kappa shape index (κ1) is 14.0. The standard InChI is InChI=1S/C14H13ClN2O3/c1-19-12-4-2-3-5-13(12)20-9-6-7-10(11(15)8-9)14(16)17-18/h2-8,18H,1H3,(H2,16,17). The fraction of sp³-hybridized carbons (Fsp3) is 0.0714. The number of amidine groups is 1. The Morgan fingerprint density at radius 1 is 1.20 bits per heavy atom. The number of halogens is 1. The first-order valence-corrected chi connectivity index (χ1v) is 6.12. The summed E-state index contributed by atoms with van der Waals surface area (Å²) in [6, 6.07) is 12.1. The molecule has 2 aromatic rings. The summed E-state index contributed by atoms with van der Waals surface area (Å²) in [6.45, 7) is 0. The van der Waals surface area contributed by atoms with Crippen molar-refractivity contribution in [1.82, 2.24) is 0 Å². The average molecular weight is 293 g/mol. The predicted molar refractivity (Wildman–Crippen MR) is 77.0 cm³/mol. The summed E-state index contributed by atoms with van der Waals surface area (Å²) < 4.78 is 10.9. The second-order valence-electron chi connectivity index (χ2n) is 3.88. The highest BCUT2D eigenvalue weighted by Gasteiger charge is 2.09. The Kier molecular flexibility index (Phi) is 4.32. The fourth-order valence-electron chi connectivity index (χ4n) is 1.65. The van der Waals surface area contributed by atoms with E-state index in [9.17, 15) is 0 Å². The Hall–Kier alpha value is -2.40. The van der Waals surface area contributed by atoms with Crippen LogP contribution in [0.1, 0.15) is 5.56 Å². The Morgan fingerprint density at radius 2 is 1.90 bits per heavy atom. The van der Waals surface area contributed by atoms with Crippen molar-refractivity contribution in [1.29, 1.82) is 0 Å². The minimum atomic E-state index is -0.0566. The van der Waals surface area contributed by atoms with Crippen LogP contribution in [0.3, 0.4) is 0 Å². The van der Waals surface area contributed by atoms with Crippen molar-refractivity contribution < 1.29 is 14.7 Å². The maximum Gasteiger partial charge on any atom is 0.171 e. The van der Waals surface area contributed by atoms with Gasteiger partial charge in [-0.25, -0.2) is 0 Å². The van der Waals surface area contributed by atoms with E-state index >= 15 is 0 Å². The lowest BCUT2D eigenvalue weighted by Gasteiger charge is -2.11. The fourth-order valence-corrected chi connectivity index (χ4v) is 1.92. The van der Waals surface area contributed by atoms with Crippen molar-refractivity contribution in [2.24, 2.45) is 10.9 Å². The van der Waals surface area contributed by atoms with Gasteiger partial charge in [0.15, 0.2) is 17.3 Å². The van der Waals surface area contributed by atoms with Gasteiger partial charge in [0.1, 0.15) is 5.75 Å². The van der Waals surface area contributed by atoms with Gasteiger partial charge < -0.3 is 20.4 Å². The summed E-state index contributed by atoms with van der Waals surface area (Å²) in [5, 5.41) is 11.9. The van der Waals surface area contributed by atoms with Crippen molar-refractivity contribution in [2.75, 3.05) is 7.11 Å². The van der Waals surface area contributed by atoms with E-state index < -0.39 is 0 Å². The molecule has 5 nitrogen and oxygen atoms in total. The third-order valence-corrected chi connectivity index (χ3v) is 2.93. The Morgan fingerprint density at radius 3 is 2.50 bits per heavy atom. The topological polar surface area (TPSA) is 77.1 Å². The first-order valence-electron chi connectivity index (χ1n) is 5.74. The lowest BCUT2D eigenvalue weighted by atomic mass is 10.2. The molecule has 0 atom stereocenters. The molecule has 0 spiro atoms. The second kappa shape index (κ2) is 6.16. The zero-order valence-electron chi connectivity index (χ0n) is 10.7. The summed E-state index contributed by atoms with van der Waals surface area (Å²) in [5.41, 5.74) is 5.93. The maximum atomic E-state index is 8.64. The summed E-state index contributed by atoms with van der Waals surface area (Å²) in [5.74, 6) is 1.65. The van der Waals surface area contributed by atoms with Gasteiger partial charge in [0.05, 0.1) is 12.1 Å². The third-order valence-electron chi connectivity index (χ3n) is 2.62. The SMILES string of the molecule is COc1ccccc1Oc1ccc(C(N)=NO)c(Cl)c1. The van der Waals surface area contributed by atoms with E-state index in [0.29, 0.717) is 27.8 Å². The number of hydrogen-bond donors (Lipinski definition) is 2. The normalized spacial score (nSPS) is 11.2. The number of oxime groups is 1. The molecule has 0 aromatic heterocycles. The lowest BCUT2D eigenvalue weighted by Crippen LogP contribution is -2.13. The van der Waals surface area contributed by atoms with E-state index in [0.717, 1.165) is 0 Å². The number of hydrogen-bond acceptors (Lipinski definition) is 4. The number of benzene rings is 2. The number of nitrogens with zero attached hydrogens (tertiary/aromatic N) is 1. The van der Waals surface area contributed by atoms with Gasteiger partial charge in [0.25, 0.3) is 0 Å². The maximum absolute atomic E-state index is 8.64. The molecule has 2 aromatic carbocycles. The molecule has 0 fully saturated rings. The van der Waals surface area contributed by atoms with E-state index in [-0.39, 0.29) is 5.84 Å². The minimum Gasteiger partial charge on any atom is -0.493 e. The molecule has 0 unspecified atom stereocenters. The van der Waals surface area contributed by atoms with Crippen LogP contribution < -0.4 is 15.2 Å². The predicted octanol–water partition coefficient (Wildman–Crippen LogP) is 3.24. The smallest absolute Gasteiger partial charge is 0.171 e. The van der Waals surface area contributed by atoms with Crippen LogP contribution in [0.15, 0.2) is 47.6 Å². The van der Waals surface area contributed by atoms with Crippen LogP contribution in [0, 0.1) is 0 Å². The Balaban J connectivity index is 2.29. The van der Waals surface area contributed by atoms with Gasteiger partial charge in [-0.05, 0) is 24.3 Å². The molecule has 104 valence electrons. The van der Waals surface area contributed by atoms with Crippen LogP contribution in [0.4, 0.5) is 0 Å². The first-order chi connectivity index (χ1) is 9.65. The van der Waals surface area contributed by atoms with Crippen LogP contribution in [-0.2, 0) is 0 Å². The molecule has 0 saturated carbocycles. The van der Waals surface area contributed by atoms with E-state index in [4.69, 9.17) is 32.0 Å². The van der Waals surface area contributed by atoms with Gasteiger partial charge in [-0.15, -0.1) is 0 Å². The summed E-state index contributed by atoms with van der Waals surface area (Å²) >= 11 is 6.06. The highest BCUT2D eigenvalue weighted by molar-refractivity contribution is 6.34. The zero-order chi connectivity index (χ0) is 14.5. The zero-order valence-corrected chi connectivity index (χ0v) is 11.5. The van der Waals surface area contributed by atoms with Crippen LogP contribution >= 0.6 is 11.6 Å². The van der Waals surface area contributed by atoms with Gasteiger partial charge in [-0.1, -0.05) is 28.9 Å². The van der Waals surface area contributed by atoms with Crippen LogP contribution in [0.5, 0.6) is 17.2 Å². The summed E-state index contributed by atoms with van der Waals surface area (Å²) in [7, 11) is 1.57. The molecule has 0 saturated heterocycles. The van der Waals surface area contributed by atoms with Gasteiger partial charge in [-0.2, -0.15) is 0 Å². The molecule has 0 heterocycles. The van der Waals surface area contributed by atoms with E-state index in [1.165, 1.54) is 0 Å².